The monoisotopic (exact) mass is 277 g/mol. The molecule has 0 aliphatic rings. The van der Waals surface area contributed by atoms with Crippen molar-refractivity contribution in [1.29, 1.82) is 5.26 Å². The van der Waals surface area contributed by atoms with Gasteiger partial charge in [0.1, 0.15) is 17.6 Å². The van der Waals surface area contributed by atoms with Crippen molar-refractivity contribution in [2.24, 2.45) is 0 Å². The predicted molar refractivity (Wildman–Crippen MR) is 67.9 cm³/mol. The largest absolute Gasteiger partial charge is 0.433 e. The summed E-state index contributed by atoms with van der Waals surface area (Å²) in [7, 11) is 0. The molecule has 0 radical (unpaired) electrons. The van der Waals surface area contributed by atoms with Crippen LogP contribution in [0, 0.1) is 24.1 Å². The normalized spacial score (nSPS) is 10.4. The average Bonchev–Trinajstić information content (AvgIpc) is 2.41. The molecule has 20 heavy (non-hydrogen) atoms. The highest BCUT2D eigenvalue weighted by molar-refractivity contribution is 5.68. The number of nitrogens with zero attached hydrogens (tertiary/aromatic N) is 1. The van der Waals surface area contributed by atoms with Crippen LogP contribution in [0.1, 0.15) is 11.1 Å². The van der Waals surface area contributed by atoms with Gasteiger partial charge in [-0.3, -0.25) is 0 Å². The molecule has 0 heterocycles. The molecule has 0 saturated carbocycles. The molecule has 0 bridgehead atoms. The highest BCUT2D eigenvalue weighted by Gasteiger charge is 2.13. The Labute approximate surface area is 114 Å². The van der Waals surface area contributed by atoms with E-state index in [9.17, 15) is 13.2 Å². The van der Waals surface area contributed by atoms with Gasteiger partial charge in [-0.15, -0.1) is 0 Å². The van der Waals surface area contributed by atoms with Gasteiger partial charge in [-0.25, -0.2) is 4.39 Å². The minimum absolute atomic E-state index is 0.0258. The molecule has 0 atom stereocenters. The first kappa shape index (κ1) is 13.9. The van der Waals surface area contributed by atoms with Crippen LogP contribution in [0.15, 0.2) is 36.4 Å². The zero-order valence-electron chi connectivity index (χ0n) is 10.5. The molecule has 0 aromatic heterocycles. The molecule has 0 fully saturated rings. The van der Waals surface area contributed by atoms with Crippen molar-refractivity contribution < 1.29 is 17.9 Å². The highest BCUT2D eigenvalue weighted by atomic mass is 19.3. The number of hydrogen-bond acceptors (Lipinski definition) is 2. The van der Waals surface area contributed by atoms with Crippen LogP contribution in [0.3, 0.4) is 0 Å². The zero-order chi connectivity index (χ0) is 14.7. The first-order valence-electron chi connectivity index (χ1n) is 5.77. The molecule has 0 N–H and O–H groups in total. The smallest absolute Gasteiger partial charge is 0.387 e. The van der Waals surface area contributed by atoms with Crippen LogP contribution in [-0.2, 0) is 0 Å². The van der Waals surface area contributed by atoms with Gasteiger partial charge in [0.25, 0.3) is 0 Å². The quantitative estimate of drug-likeness (QED) is 0.839. The molecular weight excluding hydrogens is 267 g/mol. The van der Waals surface area contributed by atoms with Crippen molar-refractivity contribution in [3.63, 3.8) is 0 Å². The predicted octanol–water partition coefficient (Wildman–Crippen LogP) is 4.27. The standard InChI is InChI=1S/C15H10F3NO/c1-9-3-2-4-12(14(9)16)10-5-6-11(8-19)13(7-10)20-15(17)18/h2-7,15H,1H3. The van der Waals surface area contributed by atoms with Gasteiger partial charge in [0.05, 0.1) is 5.56 Å². The van der Waals surface area contributed by atoms with E-state index in [1.54, 1.807) is 25.1 Å². The van der Waals surface area contributed by atoms with Gasteiger partial charge in [0, 0.05) is 5.56 Å². The first-order valence-corrected chi connectivity index (χ1v) is 5.77. The molecule has 0 amide bonds. The fraction of sp³-hybridized carbons (Fsp3) is 0.133. The van der Waals surface area contributed by atoms with Crippen LogP contribution in [0.25, 0.3) is 11.1 Å². The van der Waals surface area contributed by atoms with Crippen molar-refractivity contribution in [3.8, 4) is 22.9 Å². The summed E-state index contributed by atoms with van der Waals surface area (Å²) in [6, 6.07) is 10.6. The van der Waals surface area contributed by atoms with Crippen molar-refractivity contribution in [2.75, 3.05) is 0 Å². The van der Waals surface area contributed by atoms with Gasteiger partial charge in [0.15, 0.2) is 0 Å². The van der Waals surface area contributed by atoms with Crippen LogP contribution in [0.5, 0.6) is 5.75 Å². The Hall–Kier alpha value is -2.48. The van der Waals surface area contributed by atoms with Crippen molar-refractivity contribution in [2.45, 2.75) is 13.5 Å². The lowest BCUT2D eigenvalue weighted by molar-refractivity contribution is -0.0500. The summed E-state index contributed by atoms with van der Waals surface area (Å²) in [4.78, 5) is 0. The van der Waals surface area contributed by atoms with Crippen molar-refractivity contribution >= 4 is 0 Å². The molecule has 5 heteroatoms. The molecule has 2 nitrogen and oxygen atoms in total. The van der Waals surface area contributed by atoms with E-state index in [2.05, 4.69) is 4.74 Å². The minimum atomic E-state index is -3.04. The Bertz CT molecular complexity index is 677. The minimum Gasteiger partial charge on any atom is -0.433 e. The van der Waals surface area contributed by atoms with Crippen LogP contribution < -0.4 is 4.74 Å². The van der Waals surface area contributed by atoms with E-state index >= 15 is 0 Å². The van der Waals surface area contributed by atoms with E-state index in [-0.39, 0.29) is 16.9 Å². The summed E-state index contributed by atoms with van der Waals surface area (Å²) in [5.74, 6) is -0.693. The highest BCUT2D eigenvalue weighted by Crippen LogP contribution is 2.30. The summed E-state index contributed by atoms with van der Waals surface area (Å²) in [5, 5.41) is 8.84. The SMILES string of the molecule is Cc1cccc(-c2ccc(C#N)c(OC(F)F)c2)c1F. The topological polar surface area (TPSA) is 33.0 Å². The molecule has 0 aliphatic carbocycles. The van der Waals surface area contributed by atoms with Crippen molar-refractivity contribution in [3.05, 3.63) is 53.3 Å². The third-order valence-corrected chi connectivity index (χ3v) is 2.82. The summed E-state index contributed by atoms with van der Waals surface area (Å²) in [5.41, 5.74) is 1.07. The van der Waals surface area contributed by atoms with Gasteiger partial charge in [-0.05, 0) is 30.2 Å². The van der Waals surface area contributed by atoms with Crippen LogP contribution in [-0.4, -0.2) is 6.61 Å². The molecule has 0 saturated heterocycles. The van der Waals surface area contributed by atoms with Crippen LogP contribution in [0.2, 0.25) is 0 Å². The fourth-order valence-electron chi connectivity index (χ4n) is 1.85. The third-order valence-electron chi connectivity index (χ3n) is 2.82. The average molecular weight is 277 g/mol. The van der Waals surface area contributed by atoms with Gasteiger partial charge in [0.2, 0.25) is 0 Å². The lowest BCUT2D eigenvalue weighted by atomic mass is 10.0. The first-order chi connectivity index (χ1) is 9.52. The molecule has 0 spiro atoms. The number of aryl methyl sites for hydroxylation is 1. The Morgan fingerprint density at radius 2 is 1.95 bits per heavy atom. The number of halogens is 3. The Balaban J connectivity index is 2.53. The maximum absolute atomic E-state index is 14.0. The molecule has 2 aromatic rings. The van der Waals surface area contributed by atoms with Gasteiger partial charge >= 0.3 is 6.61 Å². The van der Waals surface area contributed by atoms with Crippen LogP contribution in [0.4, 0.5) is 13.2 Å². The zero-order valence-corrected chi connectivity index (χ0v) is 10.5. The number of benzene rings is 2. The number of ether oxygens (including phenoxy) is 1. The fourth-order valence-corrected chi connectivity index (χ4v) is 1.85. The Morgan fingerprint density at radius 3 is 2.60 bits per heavy atom. The van der Waals surface area contributed by atoms with E-state index in [4.69, 9.17) is 5.26 Å². The van der Waals surface area contributed by atoms with E-state index in [1.807, 2.05) is 0 Å². The summed E-state index contributed by atoms with van der Waals surface area (Å²) >= 11 is 0. The molecule has 2 rings (SSSR count). The second-order valence-corrected chi connectivity index (χ2v) is 4.14. The lowest BCUT2D eigenvalue weighted by Gasteiger charge is -2.10. The van der Waals surface area contributed by atoms with Crippen molar-refractivity contribution in [1.82, 2.24) is 0 Å². The third kappa shape index (κ3) is 2.75. The number of rotatable bonds is 3. The second kappa shape index (κ2) is 5.66. The molecule has 0 unspecified atom stereocenters. The number of alkyl halides is 2. The second-order valence-electron chi connectivity index (χ2n) is 4.14. The molecule has 2 aromatic carbocycles. The van der Waals surface area contributed by atoms with Gasteiger partial charge < -0.3 is 4.74 Å². The maximum Gasteiger partial charge on any atom is 0.387 e. The van der Waals surface area contributed by atoms with Gasteiger partial charge in [-0.1, -0.05) is 24.3 Å². The van der Waals surface area contributed by atoms with E-state index in [1.165, 1.54) is 24.3 Å². The molecular formula is C15H10F3NO. The summed E-state index contributed by atoms with van der Waals surface area (Å²) in [6.45, 7) is -1.43. The molecule has 102 valence electrons. The summed E-state index contributed by atoms with van der Waals surface area (Å²) in [6.07, 6.45) is 0. The lowest BCUT2D eigenvalue weighted by Crippen LogP contribution is -2.03. The Morgan fingerprint density at radius 1 is 1.20 bits per heavy atom. The van der Waals surface area contributed by atoms with Crippen LogP contribution >= 0.6 is 0 Å². The molecule has 0 aliphatic heterocycles. The number of nitriles is 1. The van der Waals surface area contributed by atoms with Gasteiger partial charge in [-0.2, -0.15) is 14.0 Å². The Kier molecular flexibility index (Phi) is 3.94. The maximum atomic E-state index is 14.0. The number of hydrogen-bond donors (Lipinski definition) is 0. The van der Waals surface area contributed by atoms with E-state index in [0.29, 0.717) is 11.1 Å². The summed E-state index contributed by atoms with van der Waals surface area (Å²) < 4.78 is 42.9. The van der Waals surface area contributed by atoms with E-state index in [0.717, 1.165) is 0 Å². The van der Waals surface area contributed by atoms with E-state index < -0.39 is 12.4 Å².